The van der Waals surface area contributed by atoms with Gasteiger partial charge in [-0.05, 0) is 18.4 Å². The summed E-state index contributed by atoms with van der Waals surface area (Å²) < 4.78 is 4.92. The van der Waals surface area contributed by atoms with Crippen molar-refractivity contribution in [1.29, 1.82) is 5.41 Å². The molecule has 6 N–H and O–H groups in total. The lowest BCUT2D eigenvalue weighted by atomic mass is 10.1. The van der Waals surface area contributed by atoms with Crippen LogP contribution in [0.5, 0.6) is 0 Å². The fourth-order valence-electron chi connectivity index (χ4n) is 1.62. The molecule has 0 saturated carbocycles. The van der Waals surface area contributed by atoms with E-state index in [0.717, 1.165) is 5.56 Å². The summed E-state index contributed by atoms with van der Waals surface area (Å²) in [6, 6.07) is 8.18. The van der Waals surface area contributed by atoms with E-state index in [0.29, 0.717) is 19.4 Å². The van der Waals surface area contributed by atoms with Crippen LogP contribution in [0, 0.1) is 5.41 Å². The number of rotatable bonds is 8. The first kappa shape index (κ1) is 16.6. The second kappa shape index (κ2) is 8.70. The minimum Gasteiger partial charge on any atom is -0.455 e. The maximum atomic E-state index is 11.7. The largest absolute Gasteiger partial charge is 0.455 e. The van der Waals surface area contributed by atoms with Crippen LogP contribution in [0.2, 0.25) is 0 Å². The van der Waals surface area contributed by atoms with Crippen molar-refractivity contribution in [1.82, 2.24) is 5.32 Å². The van der Waals surface area contributed by atoms with Gasteiger partial charge < -0.3 is 21.5 Å². The van der Waals surface area contributed by atoms with Crippen LogP contribution in [0.4, 0.5) is 0 Å². The van der Waals surface area contributed by atoms with Crippen molar-refractivity contribution >= 4 is 17.7 Å². The molecule has 1 rings (SSSR count). The Bertz CT molecular complexity index is 490. The smallest absolute Gasteiger partial charge is 0.376 e. The van der Waals surface area contributed by atoms with Gasteiger partial charge in [-0.3, -0.25) is 10.2 Å². The van der Waals surface area contributed by atoms with E-state index in [2.05, 4.69) is 5.32 Å². The van der Waals surface area contributed by atoms with Crippen LogP contribution in [-0.4, -0.2) is 30.3 Å². The lowest BCUT2D eigenvalue weighted by molar-refractivity contribution is -0.155. The molecule has 1 aromatic carbocycles. The van der Waals surface area contributed by atoms with Gasteiger partial charge in [0.25, 0.3) is 5.78 Å². The number of hydrogen-bond donors (Lipinski definition) is 4. The van der Waals surface area contributed by atoms with E-state index in [1.807, 2.05) is 18.2 Å². The second-order valence-corrected chi connectivity index (χ2v) is 4.52. The summed E-state index contributed by atoms with van der Waals surface area (Å²) >= 11 is 0. The van der Waals surface area contributed by atoms with Crippen LogP contribution in [0.15, 0.2) is 30.3 Å². The van der Waals surface area contributed by atoms with Gasteiger partial charge in [0.05, 0.1) is 6.04 Å². The SMILES string of the molecule is N=C(N)NCCC[C@H](N)C(=O)C(=O)OCc1ccccc1. The first-order chi connectivity index (χ1) is 10.0. The number of carbonyl (C=O) groups excluding carboxylic acids is 2. The number of hydrogen-bond acceptors (Lipinski definition) is 5. The minimum atomic E-state index is -0.925. The average Bonchev–Trinajstić information content (AvgIpc) is 2.49. The van der Waals surface area contributed by atoms with Crippen LogP contribution >= 0.6 is 0 Å². The number of guanidine groups is 1. The fourth-order valence-corrected chi connectivity index (χ4v) is 1.62. The van der Waals surface area contributed by atoms with E-state index in [1.54, 1.807) is 12.1 Å². The standard InChI is InChI=1S/C14H20N4O3/c15-11(7-4-8-18-14(16)17)12(19)13(20)21-9-10-5-2-1-3-6-10/h1-3,5-6,11H,4,7-9,15H2,(H4,16,17,18)/t11-/m0/s1. The summed E-state index contributed by atoms with van der Waals surface area (Å²) in [5.74, 6) is -1.81. The summed E-state index contributed by atoms with van der Waals surface area (Å²) in [7, 11) is 0. The molecule has 0 saturated heterocycles. The van der Waals surface area contributed by atoms with Crippen molar-refractivity contribution in [3.63, 3.8) is 0 Å². The zero-order valence-corrected chi connectivity index (χ0v) is 11.7. The molecule has 114 valence electrons. The molecule has 7 heteroatoms. The predicted molar refractivity (Wildman–Crippen MR) is 78.4 cm³/mol. The lowest BCUT2D eigenvalue weighted by Crippen LogP contribution is -2.38. The van der Waals surface area contributed by atoms with Gasteiger partial charge in [0.15, 0.2) is 5.96 Å². The Kier molecular flexibility index (Phi) is 6.90. The van der Waals surface area contributed by atoms with Crippen molar-refractivity contribution in [3.8, 4) is 0 Å². The third kappa shape index (κ3) is 6.53. The zero-order valence-electron chi connectivity index (χ0n) is 11.7. The van der Waals surface area contributed by atoms with Gasteiger partial charge in [0, 0.05) is 6.54 Å². The van der Waals surface area contributed by atoms with Crippen LogP contribution in [0.25, 0.3) is 0 Å². The third-order valence-electron chi connectivity index (χ3n) is 2.76. The zero-order chi connectivity index (χ0) is 15.7. The maximum Gasteiger partial charge on any atom is 0.376 e. The van der Waals surface area contributed by atoms with Crippen molar-refractivity contribution in [3.05, 3.63) is 35.9 Å². The molecule has 0 unspecified atom stereocenters. The van der Waals surface area contributed by atoms with Crippen LogP contribution < -0.4 is 16.8 Å². The van der Waals surface area contributed by atoms with E-state index in [-0.39, 0.29) is 12.6 Å². The highest BCUT2D eigenvalue weighted by atomic mass is 16.5. The molecular formula is C14H20N4O3. The number of ketones is 1. The Labute approximate surface area is 123 Å². The first-order valence-corrected chi connectivity index (χ1v) is 6.59. The summed E-state index contributed by atoms with van der Waals surface area (Å²) in [6.45, 7) is 0.472. The van der Waals surface area contributed by atoms with Crippen LogP contribution in [0.3, 0.4) is 0 Å². The van der Waals surface area contributed by atoms with Crippen molar-refractivity contribution in [2.45, 2.75) is 25.5 Å². The van der Waals surface area contributed by atoms with Gasteiger partial charge in [-0.25, -0.2) is 4.79 Å². The highest BCUT2D eigenvalue weighted by Crippen LogP contribution is 2.03. The molecule has 0 bridgehead atoms. The quantitative estimate of drug-likeness (QED) is 0.174. The topological polar surface area (TPSA) is 131 Å². The van der Waals surface area contributed by atoms with E-state index in [9.17, 15) is 9.59 Å². The normalized spacial score (nSPS) is 11.5. The Balaban J connectivity index is 2.29. The van der Waals surface area contributed by atoms with Gasteiger partial charge in [-0.2, -0.15) is 0 Å². The molecule has 21 heavy (non-hydrogen) atoms. The number of benzene rings is 1. The minimum absolute atomic E-state index is 0.0457. The number of Topliss-reactive ketones (excluding diaryl/α,β-unsaturated/α-hetero) is 1. The molecule has 0 radical (unpaired) electrons. The van der Waals surface area contributed by atoms with Gasteiger partial charge in [-0.15, -0.1) is 0 Å². The van der Waals surface area contributed by atoms with Crippen molar-refractivity contribution in [2.24, 2.45) is 11.5 Å². The number of nitrogens with two attached hydrogens (primary N) is 2. The molecule has 7 nitrogen and oxygen atoms in total. The Morgan fingerprint density at radius 3 is 2.57 bits per heavy atom. The van der Waals surface area contributed by atoms with E-state index in [4.69, 9.17) is 21.6 Å². The first-order valence-electron chi connectivity index (χ1n) is 6.59. The molecule has 0 aromatic heterocycles. The van der Waals surface area contributed by atoms with E-state index < -0.39 is 17.8 Å². The summed E-state index contributed by atoms with van der Waals surface area (Å²) in [5.41, 5.74) is 11.6. The van der Waals surface area contributed by atoms with Crippen LogP contribution in [-0.2, 0) is 20.9 Å². The second-order valence-electron chi connectivity index (χ2n) is 4.52. The molecule has 0 aliphatic rings. The molecular weight excluding hydrogens is 272 g/mol. The van der Waals surface area contributed by atoms with Crippen molar-refractivity contribution < 1.29 is 14.3 Å². The highest BCUT2D eigenvalue weighted by Gasteiger charge is 2.22. The molecule has 0 spiro atoms. The molecule has 0 aliphatic heterocycles. The molecule has 1 atom stereocenters. The lowest BCUT2D eigenvalue weighted by Gasteiger charge is -2.10. The maximum absolute atomic E-state index is 11.7. The van der Waals surface area contributed by atoms with Crippen molar-refractivity contribution in [2.75, 3.05) is 6.54 Å². The van der Waals surface area contributed by atoms with Gasteiger partial charge in [0.1, 0.15) is 6.61 Å². The number of nitrogens with one attached hydrogen (secondary N) is 2. The third-order valence-corrected chi connectivity index (χ3v) is 2.76. The summed E-state index contributed by atoms with van der Waals surface area (Å²) in [5, 5.41) is 9.56. The predicted octanol–water partition coefficient (Wildman–Crippen LogP) is -0.111. The van der Waals surface area contributed by atoms with Crippen LogP contribution in [0.1, 0.15) is 18.4 Å². The average molecular weight is 292 g/mol. The molecule has 0 heterocycles. The van der Waals surface area contributed by atoms with Gasteiger partial charge in [-0.1, -0.05) is 30.3 Å². The molecule has 0 amide bonds. The Morgan fingerprint density at radius 2 is 1.95 bits per heavy atom. The highest BCUT2D eigenvalue weighted by molar-refractivity contribution is 6.35. The summed E-state index contributed by atoms with van der Waals surface area (Å²) in [4.78, 5) is 23.3. The fraction of sp³-hybridized carbons (Fsp3) is 0.357. The number of ether oxygens (including phenoxy) is 1. The molecule has 0 aliphatic carbocycles. The van der Waals surface area contributed by atoms with E-state index >= 15 is 0 Å². The monoisotopic (exact) mass is 292 g/mol. The number of esters is 1. The van der Waals surface area contributed by atoms with Gasteiger partial charge in [0.2, 0.25) is 0 Å². The molecule has 0 fully saturated rings. The van der Waals surface area contributed by atoms with E-state index in [1.165, 1.54) is 0 Å². The Hall–Kier alpha value is -2.41. The summed E-state index contributed by atoms with van der Waals surface area (Å²) in [6.07, 6.45) is 0.845. The molecule has 1 aromatic rings. The number of carbonyl (C=O) groups is 2. The van der Waals surface area contributed by atoms with Gasteiger partial charge >= 0.3 is 5.97 Å². The Morgan fingerprint density at radius 1 is 1.29 bits per heavy atom.